The van der Waals surface area contributed by atoms with Crippen molar-refractivity contribution < 1.29 is 14.6 Å². The van der Waals surface area contributed by atoms with Gasteiger partial charge in [-0.15, -0.1) is 0 Å². The Kier molecular flexibility index (Phi) is 5.41. The SMILES string of the molecule is Cc1cccc(OCC(=O)NCC2CCC(O)CC2)c1. The first-order chi connectivity index (χ1) is 9.63. The topological polar surface area (TPSA) is 58.6 Å². The predicted molar refractivity (Wildman–Crippen MR) is 77.6 cm³/mol. The van der Waals surface area contributed by atoms with Gasteiger partial charge in [0.2, 0.25) is 0 Å². The first kappa shape index (κ1) is 14.9. The smallest absolute Gasteiger partial charge is 0.257 e. The largest absolute Gasteiger partial charge is 0.484 e. The maximum atomic E-state index is 11.7. The second-order valence-electron chi connectivity index (χ2n) is 5.58. The van der Waals surface area contributed by atoms with Crippen LogP contribution in [-0.4, -0.2) is 30.3 Å². The van der Waals surface area contributed by atoms with Gasteiger partial charge in [-0.1, -0.05) is 12.1 Å². The number of aliphatic hydroxyl groups is 1. The van der Waals surface area contributed by atoms with Gasteiger partial charge >= 0.3 is 0 Å². The van der Waals surface area contributed by atoms with Crippen LogP contribution in [0.25, 0.3) is 0 Å². The molecule has 1 aromatic carbocycles. The molecule has 0 aliphatic heterocycles. The van der Waals surface area contributed by atoms with Crippen LogP contribution in [0.3, 0.4) is 0 Å². The third kappa shape index (κ3) is 4.85. The first-order valence-electron chi connectivity index (χ1n) is 7.27. The van der Waals surface area contributed by atoms with E-state index in [2.05, 4.69) is 5.32 Å². The van der Waals surface area contributed by atoms with E-state index in [1.165, 1.54) is 0 Å². The van der Waals surface area contributed by atoms with Gasteiger partial charge in [0.1, 0.15) is 5.75 Å². The van der Waals surface area contributed by atoms with Gasteiger partial charge < -0.3 is 15.2 Å². The number of hydrogen-bond donors (Lipinski definition) is 2. The first-order valence-corrected chi connectivity index (χ1v) is 7.27. The molecule has 1 amide bonds. The van der Waals surface area contributed by atoms with E-state index in [9.17, 15) is 9.90 Å². The van der Waals surface area contributed by atoms with Gasteiger partial charge in [0, 0.05) is 6.54 Å². The molecule has 0 heterocycles. The highest BCUT2D eigenvalue weighted by atomic mass is 16.5. The molecule has 0 atom stereocenters. The number of amides is 1. The molecule has 110 valence electrons. The van der Waals surface area contributed by atoms with Crippen LogP contribution in [-0.2, 0) is 4.79 Å². The molecule has 0 unspecified atom stereocenters. The maximum Gasteiger partial charge on any atom is 0.257 e. The molecule has 1 aromatic rings. The van der Waals surface area contributed by atoms with Gasteiger partial charge in [-0.3, -0.25) is 4.79 Å². The van der Waals surface area contributed by atoms with Crippen LogP contribution in [0, 0.1) is 12.8 Å². The van der Waals surface area contributed by atoms with E-state index in [0.29, 0.717) is 12.5 Å². The minimum atomic E-state index is -0.147. The van der Waals surface area contributed by atoms with Crippen LogP contribution >= 0.6 is 0 Å². The van der Waals surface area contributed by atoms with Gasteiger partial charge in [-0.25, -0.2) is 0 Å². The number of rotatable bonds is 5. The van der Waals surface area contributed by atoms with Crippen molar-refractivity contribution in [2.45, 2.75) is 38.7 Å². The molecule has 2 N–H and O–H groups in total. The van der Waals surface area contributed by atoms with Crippen LogP contribution in [0.2, 0.25) is 0 Å². The second-order valence-corrected chi connectivity index (χ2v) is 5.58. The molecule has 0 spiro atoms. The molecule has 4 heteroatoms. The summed E-state index contributed by atoms with van der Waals surface area (Å²) >= 11 is 0. The van der Waals surface area contributed by atoms with Crippen LogP contribution < -0.4 is 10.1 Å². The number of hydrogen-bond acceptors (Lipinski definition) is 3. The van der Waals surface area contributed by atoms with Crippen LogP contribution in [0.1, 0.15) is 31.2 Å². The summed E-state index contributed by atoms with van der Waals surface area (Å²) in [4.78, 5) is 11.7. The number of benzene rings is 1. The number of carbonyl (C=O) groups is 1. The minimum Gasteiger partial charge on any atom is -0.484 e. The van der Waals surface area contributed by atoms with Gasteiger partial charge in [-0.2, -0.15) is 0 Å². The quantitative estimate of drug-likeness (QED) is 0.866. The average molecular weight is 277 g/mol. The van der Waals surface area contributed by atoms with E-state index >= 15 is 0 Å². The molecule has 0 saturated heterocycles. The lowest BCUT2D eigenvalue weighted by Gasteiger charge is -2.25. The summed E-state index contributed by atoms with van der Waals surface area (Å²) in [6.45, 7) is 2.73. The molecule has 1 aliphatic carbocycles. The number of aryl methyl sites for hydroxylation is 1. The number of aliphatic hydroxyl groups excluding tert-OH is 1. The zero-order valence-corrected chi connectivity index (χ0v) is 12.0. The molecule has 0 bridgehead atoms. The van der Waals surface area contributed by atoms with Gasteiger partial charge in [0.05, 0.1) is 6.10 Å². The van der Waals surface area contributed by atoms with Gasteiger partial charge in [0.15, 0.2) is 6.61 Å². The van der Waals surface area contributed by atoms with Crippen LogP contribution in [0.15, 0.2) is 24.3 Å². The molecule has 1 aliphatic rings. The minimum absolute atomic E-state index is 0.0544. The second kappa shape index (κ2) is 7.29. The number of ether oxygens (including phenoxy) is 1. The summed E-state index contributed by atoms with van der Waals surface area (Å²) in [5, 5.41) is 12.3. The van der Waals surface area contributed by atoms with Crippen molar-refractivity contribution >= 4 is 5.91 Å². The third-order valence-electron chi connectivity index (χ3n) is 3.76. The number of carbonyl (C=O) groups excluding carboxylic acids is 1. The highest BCUT2D eigenvalue weighted by Crippen LogP contribution is 2.23. The third-order valence-corrected chi connectivity index (χ3v) is 3.76. The zero-order valence-electron chi connectivity index (χ0n) is 12.0. The monoisotopic (exact) mass is 277 g/mol. The van der Waals surface area contributed by atoms with Crippen molar-refractivity contribution in [3.63, 3.8) is 0 Å². The maximum absolute atomic E-state index is 11.7. The van der Waals surface area contributed by atoms with Crippen LogP contribution in [0.4, 0.5) is 0 Å². The van der Waals surface area contributed by atoms with E-state index in [0.717, 1.165) is 37.0 Å². The highest BCUT2D eigenvalue weighted by Gasteiger charge is 2.19. The fraction of sp³-hybridized carbons (Fsp3) is 0.562. The van der Waals surface area contributed by atoms with Crippen molar-refractivity contribution in [1.29, 1.82) is 0 Å². The molecule has 1 fully saturated rings. The predicted octanol–water partition coefficient (Wildman–Crippen LogP) is 2.04. The van der Waals surface area contributed by atoms with Crippen molar-refractivity contribution in [1.82, 2.24) is 5.32 Å². The Balaban J connectivity index is 1.65. The molecule has 1 saturated carbocycles. The van der Waals surface area contributed by atoms with Gasteiger partial charge in [0.25, 0.3) is 5.91 Å². The van der Waals surface area contributed by atoms with Crippen LogP contribution in [0.5, 0.6) is 5.75 Å². The molecular formula is C16H23NO3. The van der Waals surface area contributed by atoms with E-state index in [1.54, 1.807) is 0 Å². The van der Waals surface area contributed by atoms with Crippen molar-refractivity contribution in [3.8, 4) is 5.75 Å². The van der Waals surface area contributed by atoms with E-state index < -0.39 is 0 Å². The van der Waals surface area contributed by atoms with Crippen molar-refractivity contribution in [3.05, 3.63) is 29.8 Å². The summed E-state index contributed by atoms with van der Waals surface area (Å²) in [5.74, 6) is 1.12. The standard InChI is InChI=1S/C16H23NO3/c1-12-3-2-4-15(9-12)20-11-16(19)17-10-13-5-7-14(18)8-6-13/h2-4,9,13-14,18H,5-8,10-11H2,1H3,(H,17,19). The Bertz CT molecular complexity index is 439. The average Bonchev–Trinajstić information content (AvgIpc) is 2.45. The fourth-order valence-electron chi connectivity index (χ4n) is 2.51. The Morgan fingerprint density at radius 2 is 2.10 bits per heavy atom. The normalized spacial score (nSPS) is 22.3. The number of nitrogens with one attached hydrogen (secondary N) is 1. The molecule has 2 rings (SSSR count). The zero-order chi connectivity index (χ0) is 14.4. The molecule has 4 nitrogen and oxygen atoms in total. The Morgan fingerprint density at radius 1 is 1.35 bits per heavy atom. The lowest BCUT2D eigenvalue weighted by atomic mass is 9.87. The van der Waals surface area contributed by atoms with E-state index in [1.807, 2.05) is 31.2 Å². The van der Waals surface area contributed by atoms with Crippen molar-refractivity contribution in [2.75, 3.05) is 13.2 Å². The van der Waals surface area contributed by atoms with Crippen molar-refractivity contribution in [2.24, 2.45) is 5.92 Å². The Morgan fingerprint density at radius 3 is 2.80 bits per heavy atom. The molecule has 0 aromatic heterocycles. The Labute approximate surface area is 120 Å². The van der Waals surface area contributed by atoms with E-state index in [-0.39, 0.29) is 18.6 Å². The summed E-state index contributed by atoms with van der Waals surface area (Å²) in [5.41, 5.74) is 1.11. The van der Waals surface area contributed by atoms with E-state index in [4.69, 9.17) is 4.74 Å². The summed E-state index contributed by atoms with van der Waals surface area (Å²) in [7, 11) is 0. The molecular weight excluding hydrogens is 254 g/mol. The summed E-state index contributed by atoms with van der Waals surface area (Å²) < 4.78 is 5.45. The summed E-state index contributed by atoms with van der Waals surface area (Å²) in [6, 6.07) is 7.67. The fourth-order valence-corrected chi connectivity index (χ4v) is 2.51. The highest BCUT2D eigenvalue weighted by molar-refractivity contribution is 5.77. The Hall–Kier alpha value is -1.55. The lowest BCUT2D eigenvalue weighted by Crippen LogP contribution is -2.34. The molecule has 20 heavy (non-hydrogen) atoms. The summed E-state index contributed by atoms with van der Waals surface area (Å²) in [6.07, 6.45) is 3.52. The molecule has 0 radical (unpaired) electrons. The lowest BCUT2D eigenvalue weighted by molar-refractivity contribution is -0.123. The van der Waals surface area contributed by atoms with Gasteiger partial charge in [-0.05, 0) is 56.2 Å².